The Morgan fingerprint density at radius 1 is 1.55 bits per heavy atom. The Bertz CT molecular complexity index is 424. The third-order valence-electron chi connectivity index (χ3n) is 4.04. The van der Waals surface area contributed by atoms with Gasteiger partial charge in [0, 0.05) is 28.4 Å². The predicted octanol–water partition coefficient (Wildman–Crippen LogP) is 1.92. The standard InChI is InChI=1S/C15H26N2O2S/c1-4-13(16)15(14-6-5-11(3)20-14)17-7-12(8-18)19-9-10(17)2/h5-6,10,12-13,15,18H,4,7-9,16H2,1-3H3. The van der Waals surface area contributed by atoms with Crippen molar-refractivity contribution in [3.05, 3.63) is 21.9 Å². The highest BCUT2D eigenvalue weighted by molar-refractivity contribution is 7.12. The Labute approximate surface area is 125 Å². The molecule has 4 unspecified atom stereocenters. The largest absolute Gasteiger partial charge is 0.394 e. The summed E-state index contributed by atoms with van der Waals surface area (Å²) in [5.74, 6) is 0. The number of thiophene rings is 1. The Kier molecular flexibility index (Phi) is 5.57. The van der Waals surface area contributed by atoms with Gasteiger partial charge in [0.2, 0.25) is 0 Å². The van der Waals surface area contributed by atoms with Gasteiger partial charge in [-0.15, -0.1) is 11.3 Å². The van der Waals surface area contributed by atoms with Crippen LogP contribution in [0.2, 0.25) is 0 Å². The number of nitrogens with two attached hydrogens (primary N) is 1. The molecule has 114 valence electrons. The van der Waals surface area contributed by atoms with E-state index in [0.717, 1.165) is 13.0 Å². The summed E-state index contributed by atoms with van der Waals surface area (Å²) in [6.07, 6.45) is 0.842. The lowest BCUT2D eigenvalue weighted by molar-refractivity contribution is -0.0944. The first-order valence-electron chi connectivity index (χ1n) is 7.36. The van der Waals surface area contributed by atoms with Crippen LogP contribution in [-0.4, -0.2) is 48.0 Å². The van der Waals surface area contributed by atoms with Gasteiger partial charge in [0.15, 0.2) is 0 Å². The molecule has 1 aliphatic rings. The molecule has 0 spiro atoms. The first kappa shape index (κ1) is 15.9. The van der Waals surface area contributed by atoms with Crippen molar-refractivity contribution in [2.45, 2.75) is 51.4 Å². The molecule has 2 rings (SSSR count). The van der Waals surface area contributed by atoms with Crippen molar-refractivity contribution < 1.29 is 9.84 Å². The number of aliphatic hydroxyl groups excluding tert-OH is 1. The van der Waals surface area contributed by atoms with E-state index in [0.29, 0.717) is 12.6 Å². The molecule has 1 aliphatic heterocycles. The van der Waals surface area contributed by atoms with Crippen molar-refractivity contribution in [2.24, 2.45) is 5.73 Å². The molecule has 0 bridgehead atoms. The maximum atomic E-state index is 9.37. The highest BCUT2D eigenvalue weighted by Crippen LogP contribution is 2.33. The first-order chi connectivity index (χ1) is 9.56. The molecule has 5 heteroatoms. The number of nitrogens with zero attached hydrogens (tertiary/aromatic N) is 1. The fraction of sp³-hybridized carbons (Fsp3) is 0.733. The summed E-state index contributed by atoms with van der Waals surface area (Å²) in [5.41, 5.74) is 6.40. The first-order valence-corrected chi connectivity index (χ1v) is 8.18. The molecule has 0 aliphatic carbocycles. The maximum absolute atomic E-state index is 9.37. The number of ether oxygens (including phenoxy) is 1. The van der Waals surface area contributed by atoms with Crippen LogP contribution < -0.4 is 5.73 Å². The molecule has 4 nitrogen and oxygen atoms in total. The van der Waals surface area contributed by atoms with Gasteiger partial charge in [-0.2, -0.15) is 0 Å². The lowest BCUT2D eigenvalue weighted by Gasteiger charge is -2.44. The lowest BCUT2D eigenvalue weighted by atomic mass is 9.99. The zero-order valence-corrected chi connectivity index (χ0v) is 13.4. The molecule has 1 saturated heterocycles. The van der Waals surface area contributed by atoms with Crippen molar-refractivity contribution in [3.8, 4) is 0 Å². The second-order valence-corrected chi connectivity index (χ2v) is 6.97. The lowest BCUT2D eigenvalue weighted by Crippen LogP contribution is -2.54. The maximum Gasteiger partial charge on any atom is 0.0933 e. The zero-order chi connectivity index (χ0) is 14.7. The molecule has 20 heavy (non-hydrogen) atoms. The summed E-state index contributed by atoms with van der Waals surface area (Å²) in [5, 5.41) is 9.37. The second kappa shape index (κ2) is 7.00. The molecule has 3 N–H and O–H groups in total. The van der Waals surface area contributed by atoms with Crippen molar-refractivity contribution in [1.29, 1.82) is 0 Å². The summed E-state index contributed by atoms with van der Waals surface area (Å²) >= 11 is 1.82. The Morgan fingerprint density at radius 3 is 2.85 bits per heavy atom. The summed E-state index contributed by atoms with van der Waals surface area (Å²) in [6, 6.07) is 4.99. The van der Waals surface area contributed by atoms with Crippen LogP contribution >= 0.6 is 11.3 Å². The molecular weight excluding hydrogens is 272 g/mol. The molecular formula is C15H26N2O2S. The average Bonchev–Trinajstić information content (AvgIpc) is 2.87. The topological polar surface area (TPSA) is 58.7 Å². The Balaban J connectivity index is 2.25. The molecule has 0 saturated carbocycles. The highest BCUT2D eigenvalue weighted by atomic mass is 32.1. The minimum atomic E-state index is -0.0983. The number of aliphatic hydroxyl groups is 1. The van der Waals surface area contributed by atoms with E-state index in [-0.39, 0.29) is 24.8 Å². The SMILES string of the molecule is CCC(N)C(c1ccc(C)s1)N1CC(CO)OCC1C. The van der Waals surface area contributed by atoms with Gasteiger partial charge < -0.3 is 15.6 Å². The molecule has 0 radical (unpaired) electrons. The molecule has 2 heterocycles. The predicted molar refractivity (Wildman–Crippen MR) is 83.1 cm³/mol. The van der Waals surface area contributed by atoms with Gasteiger partial charge in [-0.05, 0) is 32.4 Å². The normalized spacial score (nSPS) is 27.4. The van der Waals surface area contributed by atoms with Crippen LogP contribution in [-0.2, 0) is 4.74 Å². The number of morpholine rings is 1. The van der Waals surface area contributed by atoms with E-state index in [1.165, 1.54) is 9.75 Å². The van der Waals surface area contributed by atoms with Crippen molar-refractivity contribution in [1.82, 2.24) is 4.90 Å². The van der Waals surface area contributed by atoms with Crippen LogP contribution in [0.25, 0.3) is 0 Å². The summed E-state index contributed by atoms with van der Waals surface area (Å²) < 4.78 is 5.65. The summed E-state index contributed by atoms with van der Waals surface area (Å²) in [6.45, 7) is 7.90. The van der Waals surface area contributed by atoms with Crippen LogP contribution in [0, 0.1) is 6.92 Å². The summed E-state index contributed by atoms with van der Waals surface area (Å²) in [4.78, 5) is 5.04. The molecule has 0 aromatic carbocycles. The highest BCUT2D eigenvalue weighted by Gasteiger charge is 2.35. The van der Waals surface area contributed by atoms with Gasteiger partial charge in [-0.25, -0.2) is 0 Å². The average molecular weight is 298 g/mol. The fourth-order valence-electron chi connectivity index (χ4n) is 2.79. The third kappa shape index (κ3) is 3.40. The van der Waals surface area contributed by atoms with Crippen molar-refractivity contribution >= 4 is 11.3 Å². The van der Waals surface area contributed by atoms with Crippen molar-refractivity contribution in [2.75, 3.05) is 19.8 Å². The van der Waals surface area contributed by atoms with Gasteiger partial charge in [0.1, 0.15) is 0 Å². The van der Waals surface area contributed by atoms with Crippen LogP contribution in [0.5, 0.6) is 0 Å². The number of rotatable bonds is 5. The van der Waals surface area contributed by atoms with Crippen LogP contribution in [0.3, 0.4) is 0 Å². The van der Waals surface area contributed by atoms with E-state index < -0.39 is 0 Å². The van der Waals surface area contributed by atoms with Gasteiger partial charge in [0.25, 0.3) is 0 Å². The van der Waals surface area contributed by atoms with Crippen LogP contribution in [0.15, 0.2) is 12.1 Å². The second-order valence-electron chi connectivity index (χ2n) is 5.65. The smallest absolute Gasteiger partial charge is 0.0933 e. The number of hydrogen-bond donors (Lipinski definition) is 2. The molecule has 4 atom stereocenters. The summed E-state index contributed by atoms with van der Waals surface area (Å²) in [7, 11) is 0. The Morgan fingerprint density at radius 2 is 2.30 bits per heavy atom. The third-order valence-corrected chi connectivity index (χ3v) is 5.12. The van der Waals surface area contributed by atoms with Crippen molar-refractivity contribution in [3.63, 3.8) is 0 Å². The van der Waals surface area contributed by atoms with E-state index >= 15 is 0 Å². The molecule has 1 aromatic rings. The fourth-order valence-corrected chi connectivity index (χ4v) is 3.87. The minimum Gasteiger partial charge on any atom is -0.394 e. The van der Waals surface area contributed by atoms with Crippen LogP contribution in [0.1, 0.15) is 36.1 Å². The van der Waals surface area contributed by atoms with Gasteiger partial charge in [-0.1, -0.05) is 6.92 Å². The van der Waals surface area contributed by atoms with Gasteiger partial charge in [0.05, 0.1) is 25.4 Å². The molecule has 1 aromatic heterocycles. The molecule has 1 fully saturated rings. The molecule has 0 amide bonds. The van der Waals surface area contributed by atoms with E-state index in [2.05, 4.69) is 37.8 Å². The quantitative estimate of drug-likeness (QED) is 0.872. The monoisotopic (exact) mass is 298 g/mol. The van der Waals surface area contributed by atoms with E-state index in [9.17, 15) is 5.11 Å². The van der Waals surface area contributed by atoms with Crippen LogP contribution in [0.4, 0.5) is 0 Å². The van der Waals surface area contributed by atoms with E-state index in [4.69, 9.17) is 10.5 Å². The number of hydrogen-bond acceptors (Lipinski definition) is 5. The van der Waals surface area contributed by atoms with Gasteiger partial charge >= 0.3 is 0 Å². The minimum absolute atomic E-state index is 0.0702. The van der Waals surface area contributed by atoms with Gasteiger partial charge in [-0.3, -0.25) is 4.90 Å². The van der Waals surface area contributed by atoms with E-state index in [1.807, 2.05) is 11.3 Å². The number of aryl methyl sites for hydroxylation is 1. The zero-order valence-electron chi connectivity index (χ0n) is 12.6. The Hall–Kier alpha value is -0.460. The van der Waals surface area contributed by atoms with E-state index in [1.54, 1.807) is 0 Å².